The molecule has 0 aliphatic carbocycles. The molecular formula is C14H20ClNO3. The summed E-state index contributed by atoms with van der Waals surface area (Å²) in [6, 6.07) is 5.24. The number of carbonyl (C=O) groups excluding carboxylic acids is 1. The van der Waals surface area contributed by atoms with Crippen molar-refractivity contribution < 1.29 is 14.3 Å². The van der Waals surface area contributed by atoms with E-state index in [1.165, 1.54) is 0 Å². The summed E-state index contributed by atoms with van der Waals surface area (Å²) < 4.78 is 10.7. The van der Waals surface area contributed by atoms with Crippen molar-refractivity contribution in [3.63, 3.8) is 0 Å². The molecule has 0 bridgehead atoms. The first-order chi connectivity index (χ1) is 9.06. The van der Waals surface area contributed by atoms with Crippen molar-refractivity contribution in [3.05, 3.63) is 34.3 Å². The molecule has 1 rings (SSSR count). The maximum absolute atomic E-state index is 12.0. The van der Waals surface area contributed by atoms with Crippen LogP contribution in [0, 0.1) is 6.92 Å². The minimum Gasteiger partial charge on any atom is -0.351 e. The zero-order chi connectivity index (χ0) is 14.3. The summed E-state index contributed by atoms with van der Waals surface area (Å²) in [4.78, 5) is 12.0. The molecule has 0 aromatic heterocycles. The van der Waals surface area contributed by atoms with Gasteiger partial charge < -0.3 is 14.8 Å². The zero-order valence-electron chi connectivity index (χ0n) is 11.5. The fourth-order valence-corrected chi connectivity index (χ4v) is 1.97. The van der Waals surface area contributed by atoms with Crippen molar-refractivity contribution in [3.8, 4) is 0 Å². The largest absolute Gasteiger partial charge is 0.351 e. The molecular weight excluding hydrogens is 266 g/mol. The smallest absolute Gasteiger partial charge is 0.251 e. The Balaban J connectivity index is 2.58. The Kier molecular flexibility index (Phi) is 6.84. The Bertz CT molecular complexity index is 397. The van der Waals surface area contributed by atoms with Crippen LogP contribution >= 0.6 is 11.6 Å². The highest BCUT2D eigenvalue weighted by Crippen LogP contribution is 2.14. The van der Waals surface area contributed by atoms with Crippen LogP contribution in [0.2, 0.25) is 5.02 Å². The quantitative estimate of drug-likeness (QED) is 0.784. The third-order valence-electron chi connectivity index (χ3n) is 2.44. The first-order valence-electron chi connectivity index (χ1n) is 6.35. The molecule has 5 heteroatoms. The Morgan fingerprint density at radius 1 is 1.26 bits per heavy atom. The van der Waals surface area contributed by atoms with Crippen LogP contribution in [0.25, 0.3) is 0 Å². The van der Waals surface area contributed by atoms with E-state index in [0.717, 1.165) is 5.56 Å². The van der Waals surface area contributed by atoms with E-state index in [4.69, 9.17) is 21.1 Å². The van der Waals surface area contributed by atoms with Crippen molar-refractivity contribution in [2.24, 2.45) is 0 Å². The van der Waals surface area contributed by atoms with E-state index < -0.39 is 6.29 Å². The van der Waals surface area contributed by atoms with Crippen LogP contribution in [0.4, 0.5) is 0 Å². The van der Waals surface area contributed by atoms with Crippen molar-refractivity contribution >= 4 is 17.5 Å². The van der Waals surface area contributed by atoms with E-state index in [2.05, 4.69) is 5.32 Å². The van der Waals surface area contributed by atoms with Crippen molar-refractivity contribution in [2.75, 3.05) is 19.8 Å². The van der Waals surface area contributed by atoms with E-state index in [1.54, 1.807) is 12.1 Å². The second-order valence-corrected chi connectivity index (χ2v) is 4.50. The Hall–Kier alpha value is -1.10. The number of nitrogens with one attached hydrogen (secondary N) is 1. The molecule has 0 spiro atoms. The lowest BCUT2D eigenvalue weighted by atomic mass is 10.1. The minimum atomic E-state index is -0.417. The number of amides is 1. The predicted octanol–water partition coefficient (Wildman–Crippen LogP) is 2.78. The molecule has 4 nitrogen and oxygen atoms in total. The lowest BCUT2D eigenvalue weighted by Gasteiger charge is -2.17. The van der Waals surface area contributed by atoms with E-state index in [9.17, 15) is 4.79 Å². The van der Waals surface area contributed by atoms with Gasteiger partial charge in [0.25, 0.3) is 5.91 Å². The number of rotatable bonds is 7. The maximum atomic E-state index is 12.0. The van der Waals surface area contributed by atoms with Gasteiger partial charge in [0, 0.05) is 23.8 Å². The van der Waals surface area contributed by atoms with Gasteiger partial charge in [-0.25, -0.2) is 0 Å². The van der Waals surface area contributed by atoms with Crippen LogP contribution in [0.1, 0.15) is 29.8 Å². The fourth-order valence-electron chi connectivity index (χ4n) is 1.68. The average Bonchev–Trinajstić information content (AvgIpc) is 2.35. The first-order valence-corrected chi connectivity index (χ1v) is 6.73. The maximum Gasteiger partial charge on any atom is 0.251 e. The van der Waals surface area contributed by atoms with Gasteiger partial charge in [-0.1, -0.05) is 11.6 Å². The molecule has 0 saturated carbocycles. The number of benzene rings is 1. The lowest BCUT2D eigenvalue weighted by Crippen LogP contribution is -2.35. The molecule has 1 aromatic carbocycles. The standard InChI is InChI=1S/C14H20ClNO3/c1-4-18-13(19-5-2)9-16-14(17)11-6-10(3)7-12(15)8-11/h6-8,13H,4-5,9H2,1-3H3,(H,16,17). The number of carbonyl (C=O) groups is 1. The molecule has 0 fully saturated rings. The molecule has 0 saturated heterocycles. The highest BCUT2D eigenvalue weighted by atomic mass is 35.5. The highest BCUT2D eigenvalue weighted by molar-refractivity contribution is 6.31. The Morgan fingerprint density at radius 2 is 1.89 bits per heavy atom. The summed E-state index contributed by atoms with van der Waals surface area (Å²) in [5.41, 5.74) is 1.49. The molecule has 0 unspecified atom stereocenters. The summed E-state index contributed by atoms with van der Waals surface area (Å²) in [7, 11) is 0. The van der Waals surface area contributed by atoms with Gasteiger partial charge in [-0.05, 0) is 44.5 Å². The Morgan fingerprint density at radius 3 is 2.42 bits per heavy atom. The molecule has 1 N–H and O–H groups in total. The molecule has 0 heterocycles. The molecule has 1 aromatic rings. The zero-order valence-corrected chi connectivity index (χ0v) is 12.3. The van der Waals surface area contributed by atoms with Crippen LogP contribution in [0.5, 0.6) is 0 Å². The van der Waals surface area contributed by atoms with Gasteiger partial charge in [-0.3, -0.25) is 4.79 Å². The first kappa shape index (κ1) is 16.0. The molecule has 19 heavy (non-hydrogen) atoms. The highest BCUT2D eigenvalue weighted by Gasteiger charge is 2.12. The summed E-state index contributed by atoms with van der Waals surface area (Å²) in [6.45, 7) is 7.05. The molecule has 0 atom stereocenters. The minimum absolute atomic E-state index is 0.185. The van der Waals surface area contributed by atoms with E-state index >= 15 is 0 Å². The molecule has 0 radical (unpaired) electrons. The van der Waals surface area contributed by atoms with E-state index in [0.29, 0.717) is 30.3 Å². The van der Waals surface area contributed by atoms with Crippen LogP contribution in [0.15, 0.2) is 18.2 Å². The van der Waals surface area contributed by atoms with Gasteiger partial charge in [0.05, 0.1) is 6.54 Å². The summed E-state index contributed by atoms with van der Waals surface area (Å²) in [6.07, 6.45) is -0.417. The number of aryl methyl sites for hydroxylation is 1. The van der Waals surface area contributed by atoms with Crippen LogP contribution < -0.4 is 5.32 Å². The molecule has 106 valence electrons. The van der Waals surface area contributed by atoms with Gasteiger partial charge in [0.1, 0.15) is 0 Å². The Labute approximate surface area is 119 Å². The molecule has 0 aliphatic heterocycles. The van der Waals surface area contributed by atoms with E-state index in [1.807, 2.05) is 26.8 Å². The number of halogens is 1. The van der Waals surface area contributed by atoms with Crippen LogP contribution in [-0.4, -0.2) is 32.0 Å². The predicted molar refractivity (Wildman–Crippen MR) is 75.6 cm³/mol. The van der Waals surface area contributed by atoms with Gasteiger partial charge in [0.2, 0.25) is 0 Å². The second-order valence-electron chi connectivity index (χ2n) is 4.07. The normalized spacial score (nSPS) is 10.8. The van der Waals surface area contributed by atoms with Crippen molar-refractivity contribution in [1.29, 1.82) is 0 Å². The summed E-state index contributed by atoms with van der Waals surface area (Å²) in [5, 5.41) is 3.33. The SMILES string of the molecule is CCOC(CNC(=O)c1cc(C)cc(Cl)c1)OCC. The number of hydrogen-bond donors (Lipinski definition) is 1. The monoisotopic (exact) mass is 285 g/mol. The second kappa shape index (κ2) is 8.15. The molecule has 1 amide bonds. The summed E-state index contributed by atoms with van der Waals surface area (Å²) >= 11 is 5.93. The topological polar surface area (TPSA) is 47.6 Å². The summed E-state index contributed by atoms with van der Waals surface area (Å²) in [5.74, 6) is -0.185. The van der Waals surface area contributed by atoms with Crippen LogP contribution in [0.3, 0.4) is 0 Å². The number of hydrogen-bond acceptors (Lipinski definition) is 3. The van der Waals surface area contributed by atoms with Gasteiger partial charge in [-0.15, -0.1) is 0 Å². The number of ether oxygens (including phenoxy) is 2. The molecule has 0 aliphatic rings. The third-order valence-corrected chi connectivity index (χ3v) is 2.66. The van der Waals surface area contributed by atoms with E-state index in [-0.39, 0.29) is 5.91 Å². The lowest BCUT2D eigenvalue weighted by molar-refractivity contribution is -0.131. The fraction of sp³-hybridized carbons (Fsp3) is 0.500. The third kappa shape index (κ3) is 5.59. The van der Waals surface area contributed by atoms with Gasteiger partial charge >= 0.3 is 0 Å². The van der Waals surface area contributed by atoms with Crippen molar-refractivity contribution in [1.82, 2.24) is 5.32 Å². The van der Waals surface area contributed by atoms with Crippen LogP contribution in [-0.2, 0) is 9.47 Å². The van der Waals surface area contributed by atoms with Gasteiger partial charge in [-0.2, -0.15) is 0 Å². The van der Waals surface area contributed by atoms with Gasteiger partial charge in [0.15, 0.2) is 6.29 Å². The van der Waals surface area contributed by atoms with Crippen molar-refractivity contribution in [2.45, 2.75) is 27.1 Å². The average molecular weight is 286 g/mol.